The maximum Gasteiger partial charge on any atom is 0.191 e. The predicted molar refractivity (Wildman–Crippen MR) is 122 cm³/mol. The first-order valence-electron chi connectivity index (χ1n) is 11.2. The zero-order valence-electron chi connectivity index (χ0n) is 18.2. The number of rotatable bonds is 12. The van der Waals surface area contributed by atoms with Crippen LogP contribution in [0.2, 0.25) is 0 Å². The van der Waals surface area contributed by atoms with Gasteiger partial charge in [0, 0.05) is 26.7 Å². The summed E-state index contributed by atoms with van der Waals surface area (Å²) in [6.45, 7) is 5.51. The summed E-state index contributed by atoms with van der Waals surface area (Å²) in [5.41, 5.74) is 1.33. The molecule has 1 atom stereocenters. The lowest BCUT2D eigenvalue weighted by Crippen LogP contribution is -2.42. The van der Waals surface area contributed by atoms with Gasteiger partial charge in [-0.15, -0.1) is 0 Å². The fourth-order valence-electron chi connectivity index (χ4n) is 3.83. The van der Waals surface area contributed by atoms with Gasteiger partial charge in [-0.2, -0.15) is 0 Å². The maximum absolute atomic E-state index is 5.76. The van der Waals surface area contributed by atoms with Crippen molar-refractivity contribution < 1.29 is 9.15 Å². The second-order valence-corrected chi connectivity index (χ2v) is 7.71. The van der Waals surface area contributed by atoms with E-state index < -0.39 is 0 Å². The van der Waals surface area contributed by atoms with E-state index in [0.29, 0.717) is 0 Å². The molecule has 6 nitrogen and oxygen atoms in total. The standard InChI is InChI=1S/C24H36N4O2/c1-25-24(26-14-5-8-17-29-19-13-21-10-3-2-4-11-21)27-20-22(23-12-9-18-30-23)28-15-6-7-16-28/h2-4,9-12,18,22H,5-8,13-17,19-20H2,1H3,(H2,25,26,27). The Kier molecular flexibility index (Phi) is 9.76. The normalized spacial score (nSPS) is 16.0. The first-order valence-corrected chi connectivity index (χ1v) is 11.2. The molecule has 2 heterocycles. The minimum absolute atomic E-state index is 0.249. The Labute approximate surface area is 180 Å². The van der Waals surface area contributed by atoms with Gasteiger partial charge in [-0.1, -0.05) is 30.3 Å². The van der Waals surface area contributed by atoms with Crippen LogP contribution in [0.5, 0.6) is 0 Å². The molecule has 1 aliphatic rings. The fourth-order valence-corrected chi connectivity index (χ4v) is 3.83. The van der Waals surface area contributed by atoms with Gasteiger partial charge in [-0.25, -0.2) is 0 Å². The van der Waals surface area contributed by atoms with Gasteiger partial charge in [0.25, 0.3) is 0 Å². The van der Waals surface area contributed by atoms with Crippen molar-refractivity contribution in [2.45, 2.75) is 38.1 Å². The molecule has 2 N–H and O–H groups in total. The lowest BCUT2D eigenvalue weighted by atomic mass is 10.2. The van der Waals surface area contributed by atoms with Crippen LogP contribution in [0.15, 0.2) is 58.1 Å². The van der Waals surface area contributed by atoms with E-state index in [1.165, 1.54) is 18.4 Å². The summed E-state index contributed by atoms with van der Waals surface area (Å²) < 4.78 is 11.5. The molecule has 1 aromatic heterocycles. The highest BCUT2D eigenvalue weighted by Gasteiger charge is 2.25. The maximum atomic E-state index is 5.76. The molecule has 3 rings (SSSR count). The van der Waals surface area contributed by atoms with Gasteiger partial charge in [0.2, 0.25) is 0 Å². The highest BCUT2D eigenvalue weighted by molar-refractivity contribution is 5.79. The van der Waals surface area contributed by atoms with Crippen LogP contribution in [0.4, 0.5) is 0 Å². The zero-order valence-corrected chi connectivity index (χ0v) is 18.2. The third-order valence-electron chi connectivity index (χ3n) is 5.53. The van der Waals surface area contributed by atoms with Crippen LogP contribution in [0.25, 0.3) is 0 Å². The molecule has 1 fully saturated rings. The van der Waals surface area contributed by atoms with Crippen molar-refractivity contribution in [2.75, 3.05) is 46.4 Å². The monoisotopic (exact) mass is 412 g/mol. The lowest BCUT2D eigenvalue weighted by molar-refractivity contribution is 0.133. The molecule has 164 valence electrons. The summed E-state index contributed by atoms with van der Waals surface area (Å²) in [5.74, 6) is 1.86. The van der Waals surface area contributed by atoms with Crippen LogP contribution >= 0.6 is 0 Å². The summed E-state index contributed by atoms with van der Waals surface area (Å²) >= 11 is 0. The molecule has 30 heavy (non-hydrogen) atoms. The van der Waals surface area contributed by atoms with Gasteiger partial charge >= 0.3 is 0 Å². The van der Waals surface area contributed by atoms with E-state index in [1.54, 1.807) is 6.26 Å². The van der Waals surface area contributed by atoms with Crippen molar-refractivity contribution >= 4 is 5.96 Å². The summed E-state index contributed by atoms with van der Waals surface area (Å²) in [5, 5.41) is 6.88. The largest absolute Gasteiger partial charge is 0.468 e. The van der Waals surface area contributed by atoms with Gasteiger partial charge in [-0.3, -0.25) is 9.89 Å². The SMILES string of the molecule is CN=C(NCCCCOCCc1ccccc1)NCC(c1ccco1)N1CCCC1. The number of furan rings is 1. The van der Waals surface area contributed by atoms with E-state index in [4.69, 9.17) is 9.15 Å². The Hall–Kier alpha value is -2.31. The molecule has 1 unspecified atom stereocenters. The van der Waals surface area contributed by atoms with E-state index in [9.17, 15) is 0 Å². The number of likely N-dealkylation sites (tertiary alicyclic amines) is 1. The number of benzene rings is 1. The van der Waals surface area contributed by atoms with Crippen LogP contribution in [0, 0.1) is 0 Å². The molecule has 0 radical (unpaired) electrons. The molecule has 1 aliphatic heterocycles. The number of aliphatic imine (C=N–C) groups is 1. The highest BCUT2D eigenvalue weighted by Crippen LogP contribution is 2.24. The number of ether oxygens (including phenoxy) is 1. The average molecular weight is 413 g/mol. The molecule has 1 saturated heterocycles. The third kappa shape index (κ3) is 7.50. The van der Waals surface area contributed by atoms with Gasteiger partial charge in [0.05, 0.1) is 18.9 Å². The minimum Gasteiger partial charge on any atom is -0.468 e. The second-order valence-electron chi connectivity index (χ2n) is 7.71. The average Bonchev–Trinajstić information content (AvgIpc) is 3.50. The number of nitrogens with zero attached hydrogens (tertiary/aromatic N) is 2. The van der Waals surface area contributed by atoms with Crippen molar-refractivity contribution in [2.24, 2.45) is 4.99 Å². The summed E-state index contributed by atoms with van der Waals surface area (Å²) in [6, 6.07) is 14.8. The van der Waals surface area contributed by atoms with Gasteiger partial charge in [-0.05, 0) is 62.9 Å². The van der Waals surface area contributed by atoms with E-state index in [2.05, 4.69) is 50.9 Å². The van der Waals surface area contributed by atoms with Crippen LogP contribution in [-0.2, 0) is 11.2 Å². The molecular formula is C24H36N4O2. The molecule has 6 heteroatoms. The van der Waals surface area contributed by atoms with Crippen molar-refractivity contribution in [3.05, 3.63) is 60.1 Å². The van der Waals surface area contributed by atoms with Crippen molar-refractivity contribution in [3.8, 4) is 0 Å². The smallest absolute Gasteiger partial charge is 0.191 e. The van der Waals surface area contributed by atoms with Crippen molar-refractivity contribution in [1.82, 2.24) is 15.5 Å². The molecule has 1 aromatic carbocycles. The lowest BCUT2D eigenvalue weighted by Gasteiger charge is -2.26. The van der Waals surface area contributed by atoms with Gasteiger partial charge < -0.3 is 19.8 Å². The van der Waals surface area contributed by atoms with E-state index >= 15 is 0 Å². The van der Waals surface area contributed by atoms with Crippen LogP contribution in [-0.4, -0.2) is 57.3 Å². The molecule has 0 amide bonds. The van der Waals surface area contributed by atoms with E-state index in [1.807, 2.05) is 19.2 Å². The number of guanidine groups is 1. The number of unbranched alkanes of at least 4 members (excludes halogenated alkanes) is 1. The number of hydrogen-bond donors (Lipinski definition) is 2. The van der Waals surface area contributed by atoms with Gasteiger partial charge in [0.1, 0.15) is 5.76 Å². The molecule has 0 saturated carbocycles. The molecule has 0 spiro atoms. The van der Waals surface area contributed by atoms with Crippen LogP contribution in [0.3, 0.4) is 0 Å². The first-order chi connectivity index (χ1) is 14.9. The number of hydrogen-bond acceptors (Lipinski definition) is 4. The number of nitrogens with one attached hydrogen (secondary N) is 2. The Morgan fingerprint density at radius 1 is 1.07 bits per heavy atom. The Morgan fingerprint density at radius 3 is 2.63 bits per heavy atom. The topological polar surface area (TPSA) is 62.0 Å². The molecule has 0 bridgehead atoms. The van der Waals surface area contributed by atoms with Crippen molar-refractivity contribution in [3.63, 3.8) is 0 Å². The Balaban J connectivity index is 1.28. The zero-order chi connectivity index (χ0) is 20.9. The summed E-state index contributed by atoms with van der Waals surface area (Å²) in [4.78, 5) is 6.85. The fraction of sp³-hybridized carbons (Fsp3) is 0.542. The Bertz CT molecular complexity index is 712. The summed E-state index contributed by atoms with van der Waals surface area (Å²) in [7, 11) is 1.82. The Morgan fingerprint density at radius 2 is 1.90 bits per heavy atom. The second kappa shape index (κ2) is 13.1. The first kappa shape index (κ1) is 22.4. The summed E-state index contributed by atoms with van der Waals surface area (Å²) in [6.07, 6.45) is 7.35. The van der Waals surface area contributed by atoms with Crippen LogP contribution in [0.1, 0.15) is 43.0 Å². The molecular weight excluding hydrogens is 376 g/mol. The van der Waals surface area contributed by atoms with Crippen molar-refractivity contribution in [1.29, 1.82) is 0 Å². The van der Waals surface area contributed by atoms with E-state index in [0.717, 1.165) is 70.4 Å². The van der Waals surface area contributed by atoms with E-state index in [-0.39, 0.29) is 6.04 Å². The predicted octanol–water partition coefficient (Wildman–Crippen LogP) is 3.62. The minimum atomic E-state index is 0.249. The van der Waals surface area contributed by atoms with Gasteiger partial charge in [0.15, 0.2) is 5.96 Å². The van der Waals surface area contributed by atoms with Crippen LogP contribution < -0.4 is 10.6 Å². The highest BCUT2D eigenvalue weighted by atomic mass is 16.5. The molecule has 2 aromatic rings. The quantitative estimate of drug-likeness (QED) is 0.317. The molecule has 0 aliphatic carbocycles. The third-order valence-corrected chi connectivity index (χ3v) is 5.53.